The Labute approximate surface area is 121 Å². The Hall–Kier alpha value is -1.09. The van der Waals surface area contributed by atoms with Gasteiger partial charge in [-0.15, -0.1) is 0 Å². The van der Waals surface area contributed by atoms with Crippen LogP contribution in [0.5, 0.6) is 0 Å². The minimum absolute atomic E-state index is 0.248. The van der Waals surface area contributed by atoms with E-state index >= 15 is 0 Å². The van der Waals surface area contributed by atoms with Crippen LogP contribution < -0.4 is 5.73 Å². The predicted octanol–water partition coefficient (Wildman–Crippen LogP) is 1.43. The zero-order valence-corrected chi connectivity index (χ0v) is 13.5. The molecule has 1 aromatic heterocycles. The normalized spacial score (nSPS) is 11.8. The van der Waals surface area contributed by atoms with E-state index in [1.807, 2.05) is 20.8 Å². The Balaban J connectivity index is 2.56. The number of anilines is 1. The molecular weight excluding hydrogens is 276 g/mol. The fourth-order valence-corrected chi connectivity index (χ4v) is 4.54. The molecule has 8 heteroatoms. The second-order valence-corrected chi connectivity index (χ2v) is 6.83. The molecule has 0 fully saturated rings. The van der Waals surface area contributed by atoms with Crippen LogP contribution in [-0.2, 0) is 19.7 Å². The summed E-state index contributed by atoms with van der Waals surface area (Å²) >= 11 is 0. The van der Waals surface area contributed by atoms with E-state index in [-0.39, 0.29) is 5.95 Å². The molecule has 2 N–H and O–H groups in total. The molecule has 0 bridgehead atoms. The number of aromatic nitrogens is 3. The van der Waals surface area contributed by atoms with Crippen LogP contribution in [0.25, 0.3) is 0 Å². The van der Waals surface area contributed by atoms with Crippen molar-refractivity contribution >= 4 is 14.8 Å². The van der Waals surface area contributed by atoms with Crippen LogP contribution in [0.3, 0.4) is 0 Å². The first-order valence-electron chi connectivity index (χ1n) is 7.01. The highest BCUT2D eigenvalue weighted by molar-refractivity contribution is 6.60. The molecule has 0 spiro atoms. The minimum Gasteiger partial charge on any atom is -0.374 e. The van der Waals surface area contributed by atoms with Crippen LogP contribution in [0.4, 0.5) is 5.95 Å². The molecule has 0 unspecified atom stereocenters. The summed E-state index contributed by atoms with van der Waals surface area (Å²) < 4.78 is 17.4. The second kappa shape index (κ2) is 8.96. The highest BCUT2D eigenvalue weighted by atomic mass is 28.4. The molecule has 0 saturated carbocycles. The number of nitrogen functional groups attached to an aromatic ring is 1. The Bertz CT molecular complexity index is 378. The van der Waals surface area contributed by atoms with Crippen molar-refractivity contribution in [1.82, 2.24) is 15.0 Å². The molecular formula is C12H24N4O3Si. The van der Waals surface area contributed by atoms with Gasteiger partial charge in [-0.05, 0) is 27.2 Å². The molecule has 0 aliphatic rings. The van der Waals surface area contributed by atoms with Crippen LogP contribution in [0.2, 0.25) is 6.04 Å². The monoisotopic (exact) mass is 300 g/mol. The van der Waals surface area contributed by atoms with E-state index < -0.39 is 8.80 Å². The van der Waals surface area contributed by atoms with Gasteiger partial charge in [-0.2, -0.15) is 4.98 Å². The first-order valence-corrected chi connectivity index (χ1v) is 8.94. The Morgan fingerprint density at radius 2 is 1.65 bits per heavy atom. The van der Waals surface area contributed by atoms with Crippen molar-refractivity contribution in [3.8, 4) is 0 Å². The highest BCUT2D eigenvalue weighted by Crippen LogP contribution is 2.19. The number of rotatable bonds is 10. The van der Waals surface area contributed by atoms with Crippen molar-refractivity contribution < 1.29 is 13.3 Å². The summed E-state index contributed by atoms with van der Waals surface area (Å²) in [6.07, 6.45) is 2.96. The molecule has 0 aliphatic carbocycles. The van der Waals surface area contributed by atoms with Gasteiger partial charge in [0.1, 0.15) is 12.2 Å². The molecule has 114 valence electrons. The molecule has 0 aromatic carbocycles. The van der Waals surface area contributed by atoms with Gasteiger partial charge in [0.25, 0.3) is 0 Å². The lowest BCUT2D eigenvalue weighted by atomic mass is 10.3. The van der Waals surface area contributed by atoms with Gasteiger partial charge in [-0.25, -0.2) is 9.97 Å². The van der Waals surface area contributed by atoms with Crippen LogP contribution in [-0.4, -0.2) is 43.6 Å². The number of nitrogens with zero attached hydrogens (tertiary/aromatic N) is 3. The summed E-state index contributed by atoms with van der Waals surface area (Å²) in [4.78, 5) is 11.9. The lowest BCUT2D eigenvalue weighted by Crippen LogP contribution is -2.46. The van der Waals surface area contributed by atoms with E-state index in [0.717, 1.165) is 12.5 Å². The predicted molar refractivity (Wildman–Crippen MR) is 78.0 cm³/mol. The topological polar surface area (TPSA) is 92.4 Å². The Kier molecular flexibility index (Phi) is 7.59. The zero-order valence-electron chi connectivity index (χ0n) is 12.5. The van der Waals surface area contributed by atoms with E-state index in [4.69, 9.17) is 19.0 Å². The number of hydrogen-bond acceptors (Lipinski definition) is 7. The van der Waals surface area contributed by atoms with E-state index in [2.05, 4.69) is 15.0 Å². The molecule has 0 atom stereocenters. The third kappa shape index (κ3) is 5.49. The molecule has 1 aromatic rings. The molecule has 0 radical (unpaired) electrons. The van der Waals surface area contributed by atoms with E-state index in [1.165, 1.54) is 6.33 Å². The third-order valence-corrected chi connectivity index (χ3v) is 5.77. The average Bonchev–Trinajstić information content (AvgIpc) is 2.40. The zero-order chi connectivity index (χ0) is 14.8. The standard InChI is InChI=1S/C12H24N4O3Si/c1-4-17-20(18-5-2,19-6-3)9-7-8-11-14-10-15-12(13)16-11/h10H,4-9H2,1-3H3,(H2,13,14,15,16). The van der Waals surface area contributed by atoms with Crippen molar-refractivity contribution in [1.29, 1.82) is 0 Å². The summed E-state index contributed by atoms with van der Waals surface area (Å²) in [6.45, 7) is 7.62. The largest absolute Gasteiger partial charge is 0.500 e. The van der Waals surface area contributed by atoms with Gasteiger partial charge in [-0.3, -0.25) is 0 Å². The fourth-order valence-electron chi connectivity index (χ4n) is 1.93. The number of aryl methyl sites for hydroxylation is 1. The third-order valence-electron chi connectivity index (χ3n) is 2.62. The lowest BCUT2D eigenvalue weighted by Gasteiger charge is -2.28. The van der Waals surface area contributed by atoms with Gasteiger partial charge < -0.3 is 19.0 Å². The maximum Gasteiger partial charge on any atom is 0.500 e. The number of hydrogen-bond donors (Lipinski definition) is 1. The van der Waals surface area contributed by atoms with Crippen LogP contribution >= 0.6 is 0 Å². The first kappa shape index (κ1) is 17.0. The highest BCUT2D eigenvalue weighted by Gasteiger charge is 2.39. The Morgan fingerprint density at radius 3 is 2.15 bits per heavy atom. The summed E-state index contributed by atoms with van der Waals surface area (Å²) in [6, 6.07) is 0.744. The Morgan fingerprint density at radius 1 is 1.05 bits per heavy atom. The van der Waals surface area contributed by atoms with Gasteiger partial charge in [0.2, 0.25) is 5.95 Å². The molecule has 7 nitrogen and oxygen atoms in total. The van der Waals surface area contributed by atoms with E-state index in [0.29, 0.717) is 32.1 Å². The average molecular weight is 300 g/mol. The van der Waals surface area contributed by atoms with Crippen LogP contribution in [0.15, 0.2) is 6.33 Å². The van der Waals surface area contributed by atoms with Crippen LogP contribution in [0, 0.1) is 0 Å². The molecule has 1 heterocycles. The summed E-state index contributed by atoms with van der Waals surface area (Å²) in [5.41, 5.74) is 5.53. The van der Waals surface area contributed by atoms with Crippen molar-refractivity contribution in [2.75, 3.05) is 25.6 Å². The first-order chi connectivity index (χ1) is 9.65. The van der Waals surface area contributed by atoms with Crippen molar-refractivity contribution in [3.63, 3.8) is 0 Å². The van der Waals surface area contributed by atoms with Gasteiger partial charge in [0, 0.05) is 32.3 Å². The molecule has 0 saturated heterocycles. The summed E-state index contributed by atoms with van der Waals surface area (Å²) in [7, 11) is -2.57. The van der Waals surface area contributed by atoms with Gasteiger partial charge >= 0.3 is 8.80 Å². The molecule has 0 aliphatic heterocycles. The molecule has 20 heavy (non-hydrogen) atoms. The summed E-state index contributed by atoms with van der Waals surface area (Å²) in [5, 5.41) is 0. The molecule has 0 amide bonds. The lowest BCUT2D eigenvalue weighted by molar-refractivity contribution is 0.0708. The quantitative estimate of drug-likeness (QED) is 0.653. The maximum atomic E-state index is 5.79. The smallest absolute Gasteiger partial charge is 0.374 e. The number of nitrogens with two attached hydrogens (primary N) is 1. The molecule has 1 rings (SSSR count). The fraction of sp³-hybridized carbons (Fsp3) is 0.750. The van der Waals surface area contributed by atoms with E-state index in [1.54, 1.807) is 0 Å². The minimum atomic E-state index is -2.57. The van der Waals surface area contributed by atoms with Crippen LogP contribution in [0.1, 0.15) is 33.0 Å². The van der Waals surface area contributed by atoms with Gasteiger partial charge in [-0.1, -0.05) is 0 Å². The van der Waals surface area contributed by atoms with Crippen molar-refractivity contribution in [2.24, 2.45) is 0 Å². The maximum absolute atomic E-state index is 5.79. The second-order valence-electron chi connectivity index (χ2n) is 4.10. The van der Waals surface area contributed by atoms with E-state index in [9.17, 15) is 0 Å². The summed E-state index contributed by atoms with van der Waals surface area (Å²) in [5.74, 6) is 0.933. The van der Waals surface area contributed by atoms with Gasteiger partial charge in [0.15, 0.2) is 0 Å². The van der Waals surface area contributed by atoms with Crippen molar-refractivity contribution in [3.05, 3.63) is 12.2 Å². The SMILES string of the molecule is CCO[Si](CCCc1ncnc(N)n1)(OCC)OCC. The van der Waals surface area contributed by atoms with Crippen molar-refractivity contribution in [2.45, 2.75) is 39.7 Å². The van der Waals surface area contributed by atoms with Gasteiger partial charge in [0.05, 0.1) is 0 Å².